The molecule has 0 aliphatic rings. The summed E-state index contributed by atoms with van der Waals surface area (Å²) in [6.45, 7) is 0. The first-order valence-electron chi connectivity index (χ1n) is 21.6. The van der Waals surface area contributed by atoms with E-state index >= 15 is 0 Å². The van der Waals surface area contributed by atoms with Crippen molar-refractivity contribution >= 4 is 65.0 Å². The van der Waals surface area contributed by atoms with Crippen molar-refractivity contribution in [3.63, 3.8) is 0 Å². The zero-order valence-electron chi connectivity index (χ0n) is 37.6. The van der Waals surface area contributed by atoms with Gasteiger partial charge in [0.2, 0.25) is 0 Å². The molecule has 0 amide bonds. The minimum atomic E-state index is -0.716. The lowest BCUT2D eigenvalue weighted by Crippen LogP contribution is -1.90. The van der Waals surface area contributed by atoms with Crippen LogP contribution in [0.2, 0.25) is 0 Å². The molecule has 0 bridgehead atoms. The highest BCUT2D eigenvalue weighted by atomic mass is 16.3. The number of hydrogen-bond donors (Lipinski definition) is 0. The number of para-hydroxylation sites is 1. The van der Waals surface area contributed by atoms with Gasteiger partial charge in [-0.15, -0.1) is 0 Å². The van der Waals surface area contributed by atoms with Crippen molar-refractivity contribution in [1.29, 1.82) is 0 Å². The third kappa shape index (κ3) is 3.90. The van der Waals surface area contributed by atoms with Gasteiger partial charge in [0.25, 0.3) is 0 Å². The second-order valence-electron chi connectivity index (χ2n) is 11.4. The molecule has 10 rings (SSSR count). The maximum absolute atomic E-state index is 9.31. The number of rotatable bonds is 3. The summed E-state index contributed by atoms with van der Waals surface area (Å²) in [6, 6.07) is 21.1. The number of hydrogen-bond acceptors (Lipinski definition) is 1. The predicted octanol–water partition coefficient (Wildman–Crippen LogP) is 13.2. The Morgan fingerprint density at radius 3 is 1.77 bits per heavy atom. The zero-order valence-corrected chi connectivity index (χ0v) is 24.6. The van der Waals surface area contributed by atoms with Crippen molar-refractivity contribution in [2.24, 2.45) is 0 Å². The number of furan rings is 1. The van der Waals surface area contributed by atoms with E-state index in [9.17, 15) is 5.48 Å². The first-order valence-corrected chi connectivity index (χ1v) is 15.1. The van der Waals surface area contributed by atoms with Crippen LogP contribution in [0.4, 0.5) is 0 Å². The molecule has 1 aromatic heterocycles. The van der Waals surface area contributed by atoms with Gasteiger partial charge in [-0.05, 0) is 83.0 Å². The summed E-state index contributed by atoms with van der Waals surface area (Å²) in [5.41, 5.74) is 2.52. The highest BCUT2D eigenvalue weighted by Crippen LogP contribution is 2.46. The normalized spacial score (nSPS) is 15.7. The summed E-state index contributed by atoms with van der Waals surface area (Å²) in [5, 5.41) is 4.86. The Balaban J connectivity index is 1.36. The maximum Gasteiger partial charge on any atom is 0.143 e. The first kappa shape index (κ1) is 16.4. The molecule has 1 nitrogen and oxygen atoms in total. The molecular weight excluding hydrogens is 569 g/mol. The van der Waals surface area contributed by atoms with Crippen molar-refractivity contribution in [1.82, 2.24) is 0 Å². The molecule has 0 unspecified atom stereocenters. The summed E-state index contributed by atoms with van der Waals surface area (Å²) in [5.74, 6) is 0. The van der Waals surface area contributed by atoms with E-state index in [1.807, 2.05) is 36.4 Å². The fourth-order valence-corrected chi connectivity index (χ4v) is 6.99. The quantitative estimate of drug-likeness (QED) is 0.143. The molecule has 1 heterocycles. The average molecular weight is 610 g/mol. The van der Waals surface area contributed by atoms with Crippen LogP contribution in [0.25, 0.3) is 98.4 Å². The van der Waals surface area contributed by atoms with E-state index in [1.54, 1.807) is 18.2 Å². The van der Waals surface area contributed by atoms with E-state index in [0.29, 0.717) is 22.1 Å². The standard InChI is InChI=1S/C46H28O/c1-2-13-30(14-3-1)44-34-17-6-8-19-36(34)45(37-20-9-7-18-35(37)44)32-26-27-42-41(28-32)40-23-11-22-39(46(40)47-42)38-21-10-15-31-25-24-29-12-4-5-16-33(29)43(31)38/h1-28H/i1D,2D,3D,6D,7D,8D,9D,13D,14D,17D,18D,19D,20D. The van der Waals surface area contributed by atoms with Crippen molar-refractivity contribution in [3.05, 3.63) is 170 Å². The van der Waals surface area contributed by atoms with E-state index < -0.39 is 84.1 Å². The van der Waals surface area contributed by atoms with Gasteiger partial charge in [-0.2, -0.15) is 0 Å². The van der Waals surface area contributed by atoms with E-state index in [4.69, 9.17) is 16.8 Å². The molecule has 0 saturated heterocycles. The summed E-state index contributed by atoms with van der Waals surface area (Å²) in [4.78, 5) is 0. The SMILES string of the molecule is [2H]c1c([2H])c([2H])c(-c2c3c([2H])c([2H])c([2H])c([2H])c3c(-c3ccc4oc5c(-c6cccc7ccc8ccccc8c67)cccc5c4c3)c3c([2H])c([2H])c([2H])c([2H])c23)c([2H])c1[2H]. The fraction of sp³-hybridized carbons (Fsp3) is 0. The summed E-state index contributed by atoms with van der Waals surface area (Å²) >= 11 is 0. The Kier molecular flexibility index (Phi) is 3.55. The Hall–Kier alpha value is -6.18. The van der Waals surface area contributed by atoms with Gasteiger partial charge in [-0.25, -0.2) is 0 Å². The van der Waals surface area contributed by atoms with Crippen LogP contribution >= 0.6 is 0 Å². The van der Waals surface area contributed by atoms with Crippen LogP contribution < -0.4 is 0 Å². The predicted molar refractivity (Wildman–Crippen MR) is 200 cm³/mol. The molecule has 0 aliphatic carbocycles. The van der Waals surface area contributed by atoms with Gasteiger partial charge in [0.15, 0.2) is 0 Å². The lowest BCUT2D eigenvalue weighted by Gasteiger charge is -2.17. The molecule has 9 aromatic carbocycles. The molecule has 0 aliphatic heterocycles. The maximum atomic E-state index is 9.31. The van der Waals surface area contributed by atoms with Crippen LogP contribution in [0.3, 0.4) is 0 Å². The molecule has 0 radical (unpaired) electrons. The van der Waals surface area contributed by atoms with Crippen LogP contribution in [0, 0.1) is 0 Å². The van der Waals surface area contributed by atoms with Gasteiger partial charge in [0, 0.05) is 16.3 Å². The van der Waals surface area contributed by atoms with Crippen LogP contribution in [0.15, 0.2) is 174 Å². The van der Waals surface area contributed by atoms with Gasteiger partial charge >= 0.3 is 0 Å². The molecule has 47 heavy (non-hydrogen) atoms. The number of fused-ring (bicyclic) bond motifs is 8. The zero-order chi connectivity index (χ0) is 42.2. The van der Waals surface area contributed by atoms with Gasteiger partial charge in [-0.3, -0.25) is 0 Å². The van der Waals surface area contributed by atoms with E-state index in [-0.39, 0.29) is 32.7 Å². The lowest BCUT2D eigenvalue weighted by atomic mass is 9.86. The molecule has 0 saturated carbocycles. The third-order valence-corrected chi connectivity index (χ3v) is 8.97. The van der Waals surface area contributed by atoms with Crippen LogP contribution in [0.5, 0.6) is 0 Å². The third-order valence-electron chi connectivity index (χ3n) is 8.97. The molecule has 10 aromatic rings. The van der Waals surface area contributed by atoms with Crippen LogP contribution in [0.1, 0.15) is 17.8 Å². The second-order valence-corrected chi connectivity index (χ2v) is 11.4. The Morgan fingerprint density at radius 1 is 0.404 bits per heavy atom. The second kappa shape index (κ2) is 10.2. The Labute approximate surface area is 290 Å². The topological polar surface area (TPSA) is 13.1 Å². The monoisotopic (exact) mass is 609 g/mol. The minimum Gasteiger partial charge on any atom is -0.455 e. The molecule has 0 N–H and O–H groups in total. The molecule has 218 valence electrons. The van der Waals surface area contributed by atoms with E-state index in [2.05, 4.69) is 36.4 Å². The van der Waals surface area contributed by atoms with Crippen molar-refractivity contribution in [2.75, 3.05) is 0 Å². The Morgan fingerprint density at radius 2 is 1.00 bits per heavy atom. The van der Waals surface area contributed by atoms with Gasteiger partial charge < -0.3 is 4.42 Å². The molecule has 0 atom stereocenters. The van der Waals surface area contributed by atoms with E-state index in [1.165, 1.54) is 0 Å². The molecule has 1 heteroatoms. The molecular formula is C46H28O. The van der Waals surface area contributed by atoms with Gasteiger partial charge in [0.05, 0.1) is 17.8 Å². The largest absolute Gasteiger partial charge is 0.455 e. The van der Waals surface area contributed by atoms with Crippen molar-refractivity contribution in [3.8, 4) is 33.4 Å². The van der Waals surface area contributed by atoms with Crippen molar-refractivity contribution in [2.45, 2.75) is 0 Å². The average Bonchev–Trinajstić information content (AvgIpc) is 3.64. The van der Waals surface area contributed by atoms with E-state index in [0.717, 1.165) is 38.1 Å². The van der Waals surface area contributed by atoms with Crippen molar-refractivity contribution < 1.29 is 22.2 Å². The number of benzene rings is 9. The fourth-order valence-electron chi connectivity index (χ4n) is 6.99. The summed E-state index contributed by atoms with van der Waals surface area (Å²) < 4.78 is 122. The Bertz CT molecular complexity index is 3480. The van der Waals surface area contributed by atoms with Gasteiger partial charge in [-0.1, -0.05) is 157 Å². The minimum absolute atomic E-state index is 0.0584. The van der Waals surface area contributed by atoms with Crippen LogP contribution in [-0.2, 0) is 0 Å². The first-order chi connectivity index (χ1) is 28.7. The smallest absolute Gasteiger partial charge is 0.143 e. The highest BCUT2D eigenvalue weighted by Gasteiger charge is 2.19. The molecule has 0 fully saturated rings. The summed E-state index contributed by atoms with van der Waals surface area (Å²) in [6.07, 6.45) is 0. The van der Waals surface area contributed by atoms with Gasteiger partial charge in [0.1, 0.15) is 11.2 Å². The molecule has 0 spiro atoms. The highest BCUT2D eigenvalue weighted by molar-refractivity contribution is 6.23. The van der Waals surface area contributed by atoms with Crippen LogP contribution in [-0.4, -0.2) is 0 Å². The lowest BCUT2D eigenvalue weighted by molar-refractivity contribution is 0.670. The summed E-state index contributed by atoms with van der Waals surface area (Å²) in [7, 11) is 0.